The Kier molecular flexibility index (Phi) is 5.13. The SMILES string of the molecule is Cc1ccc2ncc(C#N)c(N3CCC(C(=O)Nc4cccc(F)c4)CC3)c2c1. The Morgan fingerprint density at radius 3 is 2.76 bits per heavy atom. The van der Waals surface area contributed by atoms with Crippen molar-refractivity contribution in [2.45, 2.75) is 19.8 Å². The zero-order valence-corrected chi connectivity index (χ0v) is 16.2. The van der Waals surface area contributed by atoms with Crippen LogP contribution in [0.5, 0.6) is 0 Å². The number of halogens is 1. The standard InChI is InChI=1S/C23H21FN4O/c1-15-5-6-21-20(11-15)22(17(13-25)14-26-21)28-9-7-16(8-10-28)23(29)27-19-4-2-3-18(24)12-19/h2-6,11-12,14,16H,7-10H2,1H3,(H,27,29). The first kappa shape index (κ1) is 18.9. The molecule has 2 aromatic carbocycles. The number of anilines is 2. The molecule has 2 heterocycles. The zero-order valence-electron chi connectivity index (χ0n) is 16.2. The minimum Gasteiger partial charge on any atom is -0.370 e. The van der Waals surface area contributed by atoms with Crippen molar-refractivity contribution in [2.75, 3.05) is 23.3 Å². The molecule has 1 aromatic heterocycles. The van der Waals surface area contributed by atoms with Crippen LogP contribution >= 0.6 is 0 Å². The topological polar surface area (TPSA) is 69.0 Å². The molecule has 0 saturated carbocycles. The molecule has 0 radical (unpaired) electrons. The van der Waals surface area contributed by atoms with Gasteiger partial charge in [-0.3, -0.25) is 9.78 Å². The maximum atomic E-state index is 13.3. The van der Waals surface area contributed by atoms with E-state index in [0.717, 1.165) is 22.2 Å². The molecule has 1 fully saturated rings. The van der Waals surface area contributed by atoms with Gasteiger partial charge in [0.15, 0.2) is 0 Å². The van der Waals surface area contributed by atoms with Crippen molar-refractivity contribution in [1.82, 2.24) is 4.98 Å². The van der Waals surface area contributed by atoms with Crippen molar-refractivity contribution in [3.8, 4) is 6.07 Å². The zero-order chi connectivity index (χ0) is 20.4. The summed E-state index contributed by atoms with van der Waals surface area (Å²) >= 11 is 0. The van der Waals surface area contributed by atoms with Crippen molar-refractivity contribution < 1.29 is 9.18 Å². The Morgan fingerprint density at radius 1 is 1.24 bits per heavy atom. The minimum atomic E-state index is -0.374. The number of rotatable bonds is 3. The van der Waals surface area contributed by atoms with E-state index in [1.165, 1.54) is 12.1 Å². The van der Waals surface area contributed by atoms with Crippen LogP contribution in [0, 0.1) is 30.0 Å². The van der Waals surface area contributed by atoms with E-state index in [2.05, 4.69) is 27.3 Å². The maximum absolute atomic E-state index is 13.3. The lowest BCUT2D eigenvalue weighted by molar-refractivity contribution is -0.120. The molecule has 4 rings (SSSR count). The average molecular weight is 388 g/mol. The Bertz CT molecular complexity index is 1110. The molecule has 6 heteroatoms. The van der Waals surface area contributed by atoms with E-state index in [9.17, 15) is 14.4 Å². The molecule has 3 aromatic rings. The highest BCUT2D eigenvalue weighted by Crippen LogP contribution is 2.33. The molecule has 1 saturated heterocycles. The smallest absolute Gasteiger partial charge is 0.227 e. The second-order valence-corrected chi connectivity index (χ2v) is 7.41. The number of carbonyl (C=O) groups is 1. The van der Waals surface area contributed by atoms with Crippen molar-refractivity contribution in [1.29, 1.82) is 5.26 Å². The van der Waals surface area contributed by atoms with E-state index in [0.29, 0.717) is 37.2 Å². The summed E-state index contributed by atoms with van der Waals surface area (Å²) in [5.41, 5.74) is 3.88. The van der Waals surface area contributed by atoms with Gasteiger partial charge in [0.2, 0.25) is 5.91 Å². The summed E-state index contributed by atoms with van der Waals surface area (Å²) in [4.78, 5) is 19.2. The van der Waals surface area contributed by atoms with Crippen molar-refractivity contribution in [3.05, 3.63) is 65.6 Å². The normalized spacial score (nSPS) is 14.6. The van der Waals surface area contributed by atoms with Gasteiger partial charge in [0.1, 0.15) is 11.9 Å². The molecule has 146 valence electrons. The first-order chi connectivity index (χ1) is 14.0. The fourth-order valence-electron chi connectivity index (χ4n) is 3.89. The van der Waals surface area contributed by atoms with Crippen LogP contribution in [0.1, 0.15) is 24.0 Å². The van der Waals surface area contributed by atoms with E-state index in [4.69, 9.17) is 0 Å². The van der Waals surface area contributed by atoms with Gasteiger partial charge in [0.25, 0.3) is 0 Å². The molecule has 1 N–H and O–H groups in total. The number of nitrogens with one attached hydrogen (secondary N) is 1. The largest absolute Gasteiger partial charge is 0.370 e. The van der Waals surface area contributed by atoms with E-state index >= 15 is 0 Å². The van der Waals surface area contributed by atoms with Crippen molar-refractivity contribution in [3.63, 3.8) is 0 Å². The lowest BCUT2D eigenvalue weighted by atomic mass is 9.94. The fourth-order valence-corrected chi connectivity index (χ4v) is 3.89. The molecular weight excluding hydrogens is 367 g/mol. The van der Waals surface area contributed by atoms with E-state index in [1.807, 2.05) is 19.1 Å². The van der Waals surface area contributed by atoms with Gasteiger partial charge < -0.3 is 10.2 Å². The van der Waals surface area contributed by atoms with Gasteiger partial charge in [-0.2, -0.15) is 5.26 Å². The third kappa shape index (κ3) is 3.90. The Hall–Kier alpha value is -3.46. The van der Waals surface area contributed by atoms with Gasteiger partial charge in [-0.25, -0.2) is 4.39 Å². The summed E-state index contributed by atoms with van der Waals surface area (Å²) in [5.74, 6) is -0.609. The lowest BCUT2D eigenvalue weighted by Crippen LogP contribution is -2.38. The Labute approximate surface area is 168 Å². The van der Waals surface area contributed by atoms with Gasteiger partial charge in [-0.1, -0.05) is 17.7 Å². The second-order valence-electron chi connectivity index (χ2n) is 7.41. The minimum absolute atomic E-state index is 0.0915. The van der Waals surface area contributed by atoms with Crippen LogP contribution in [0.25, 0.3) is 10.9 Å². The van der Waals surface area contributed by atoms with E-state index in [-0.39, 0.29) is 17.6 Å². The third-order valence-corrected chi connectivity index (χ3v) is 5.39. The number of benzene rings is 2. The van der Waals surface area contributed by atoms with Gasteiger partial charge in [0.05, 0.1) is 16.8 Å². The number of amides is 1. The number of piperidine rings is 1. The lowest BCUT2D eigenvalue weighted by Gasteiger charge is -2.34. The first-order valence-corrected chi connectivity index (χ1v) is 9.66. The van der Waals surface area contributed by atoms with Crippen molar-refractivity contribution >= 4 is 28.2 Å². The molecule has 0 spiro atoms. The molecule has 1 aliphatic rings. The van der Waals surface area contributed by atoms with Crippen LogP contribution in [-0.4, -0.2) is 24.0 Å². The number of aryl methyl sites for hydroxylation is 1. The molecule has 0 unspecified atom stereocenters. The number of carbonyl (C=O) groups excluding carboxylic acids is 1. The monoisotopic (exact) mass is 388 g/mol. The van der Waals surface area contributed by atoms with Gasteiger partial charge >= 0.3 is 0 Å². The summed E-state index contributed by atoms with van der Waals surface area (Å²) in [5, 5.41) is 13.4. The number of nitriles is 1. The van der Waals surface area contributed by atoms with Crippen LogP contribution in [0.3, 0.4) is 0 Å². The molecule has 1 aliphatic heterocycles. The summed E-state index contributed by atoms with van der Waals surface area (Å²) in [6, 6.07) is 14.2. The predicted molar refractivity (Wildman–Crippen MR) is 111 cm³/mol. The van der Waals surface area contributed by atoms with Gasteiger partial charge in [-0.05, 0) is 50.1 Å². The summed E-state index contributed by atoms with van der Waals surface area (Å²) < 4.78 is 13.3. The highest BCUT2D eigenvalue weighted by Gasteiger charge is 2.27. The summed E-state index contributed by atoms with van der Waals surface area (Å²) in [7, 11) is 0. The van der Waals surface area contributed by atoms with E-state index < -0.39 is 0 Å². The Balaban J connectivity index is 1.52. The first-order valence-electron chi connectivity index (χ1n) is 9.66. The van der Waals surface area contributed by atoms with Crippen LogP contribution in [-0.2, 0) is 4.79 Å². The van der Waals surface area contributed by atoms with Crippen LogP contribution in [0.4, 0.5) is 15.8 Å². The molecule has 1 amide bonds. The van der Waals surface area contributed by atoms with Gasteiger partial charge in [0, 0.05) is 36.3 Å². The third-order valence-electron chi connectivity index (χ3n) is 5.39. The number of hydrogen-bond donors (Lipinski definition) is 1. The number of aromatic nitrogens is 1. The number of hydrogen-bond acceptors (Lipinski definition) is 4. The molecular formula is C23H21FN4O. The Morgan fingerprint density at radius 2 is 2.03 bits per heavy atom. The second kappa shape index (κ2) is 7.88. The number of nitrogens with zero attached hydrogens (tertiary/aromatic N) is 3. The molecule has 0 atom stereocenters. The highest BCUT2D eigenvalue weighted by molar-refractivity contribution is 5.95. The van der Waals surface area contributed by atoms with Gasteiger partial charge in [-0.15, -0.1) is 0 Å². The fraction of sp³-hybridized carbons (Fsp3) is 0.261. The van der Waals surface area contributed by atoms with Crippen LogP contribution < -0.4 is 10.2 Å². The van der Waals surface area contributed by atoms with Crippen LogP contribution in [0.2, 0.25) is 0 Å². The highest BCUT2D eigenvalue weighted by atomic mass is 19.1. The van der Waals surface area contributed by atoms with E-state index in [1.54, 1.807) is 18.3 Å². The maximum Gasteiger partial charge on any atom is 0.227 e. The van der Waals surface area contributed by atoms with Crippen LogP contribution in [0.15, 0.2) is 48.7 Å². The average Bonchev–Trinajstić information content (AvgIpc) is 2.73. The predicted octanol–water partition coefficient (Wildman–Crippen LogP) is 4.41. The summed E-state index contributed by atoms with van der Waals surface area (Å²) in [6.07, 6.45) is 2.96. The quantitative estimate of drug-likeness (QED) is 0.722. The number of pyridine rings is 1. The molecule has 0 aliphatic carbocycles. The molecule has 5 nitrogen and oxygen atoms in total. The summed E-state index contributed by atoms with van der Waals surface area (Å²) in [6.45, 7) is 3.36. The number of fused-ring (bicyclic) bond motifs is 1. The molecule has 29 heavy (non-hydrogen) atoms. The molecule has 0 bridgehead atoms. The van der Waals surface area contributed by atoms with Crippen molar-refractivity contribution in [2.24, 2.45) is 5.92 Å².